The lowest BCUT2D eigenvalue weighted by Crippen LogP contribution is -2.56. The van der Waals surface area contributed by atoms with Gasteiger partial charge < -0.3 is 24.3 Å². The maximum absolute atomic E-state index is 16.0. The number of fused-ring (bicyclic) bond motifs is 2. The first-order chi connectivity index (χ1) is 20.5. The van der Waals surface area contributed by atoms with Gasteiger partial charge in [-0.15, -0.1) is 11.8 Å². The topological polar surface area (TPSA) is 66.2 Å². The lowest BCUT2D eigenvalue weighted by atomic mass is 9.95. The fourth-order valence-electron chi connectivity index (χ4n) is 6.34. The van der Waals surface area contributed by atoms with Crippen molar-refractivity contribution >= 4 is 34.4 Å². The molecule has 4 heterocycles. The highest BCUT2D eigenvalue weighted by atomic mass is 32.2. The number of likely N-dealkylation sites (tertiary alicyclic amines) is 1. The molecular weight excluding hydrogens is 551 g/mol. The van der Waals surface area contributed by atoms with Crippen LogP contribution in [0.4, 0.5) is 10.2 Å². The Labute approximate surface area is 250 Å². The molecule has 2 fully saturated rings. The van der Waals surface area contributed by atoms with E-state index in [1.165, 1.54) is 22.6 Å². The Balaban J connectivity index is 1.42. The number of nitrogens with zero attached hydrogens (tertiary/aromatic N) is 6. The summed E-state index contributed by atoms with van der Waals surface area (Å²) in [4.78, 5) is 32.9. The Hall–Kier alpha value is -3.68. The molecule has 1 amide bonds. The summed E-state index contributed by atoms with van der Waals surface area (Å²) in [6, 6.07) is 9.69. The Morgan fingerprint density at radius 1 is 1.21 bits per heavy atom. The van der Waals surface area contributed by atoms with Crippen LogP contribution in [0.25, 0.3) is 26.9 Å². The molecule has 3 aromatic rings. The number of ether oxygens (including phenoxy) is 1. The predicted molar refractivity (Wildman–Crippen MR) is 165 cm³/mol. The van der Waals surface area contributed by atoms with E-state index < -0.39 is 0 Å². The van der Waals surface area contributed by atoms with Crippen LogP contribution in [0.3, 0.4) is 0 Å². The number of hydrogen-bond donors (Lipinski definition) is 0. The molecule has 2 saturated heterocycles. The van der Waals surface area contributed by atoms with E-state index in [4.69, 9.17) is 21.3 Å². The smallest absolute Gasteiger partial charge is 0.319 e. The van der Waals surface area contributed by atoms with Crippen molar-refractivity contribution in [1.29, 1.82) is 0 Å². The number of likely N-dealkylation sites (N-methyl/N-ethyl adjacent to an activating group) is 1. The third-order valence-electron chi connectivity index (χ3n) is 8.61. The van der Waals surface area contributed by atoms with Gasteiger partial charge in [0.2, 0.25) is 12.5 Å². The SMILES string of the molecule is [C-]#[N+]C[C@H]1CN(c2nc(OC[C@@H]3CCCN3C)nc3cc(-c4cccc5c4CCCS5)c(F)cc23)CCN1C(=O)C=C. The van der Waals surface area contributed by atoms with Crippen LogP contribution in [-0.4, -0.2) is 89.9 Å². The number of carbonyl (C=O) groups excluding carboxylic acids is 1. The molecule has 0 unspecified atom stereocenters. The fraction of sp³-hybridized carbons (Fsp3) is 0.438. The third-order valence-corrected chi connectivity index (χ3v) is 9.80. The molecule has 0 spiro atoms. The Bertz CT molecular complexity index is 1560. The molecule has 8 nitrogen and oxygen atoms in total. The first kappa shape index (κ1) is 28.4. The standard InChI is InChI=1S/C32H35FN6O2S/c1-4-30(40)39-14-13-38(19-22(39)18-34-2)31-26-16-27(33)25(23-9-5-11-29-24(23)10-7-15-42-29)17-28(26)35-32(36-31)41-20-21-8-6-12-37(21)3/h4-5,9,11,16-17,21-22H,1,6-8,10,12-15,18-20H2,3H3/t21-,22-/m0/s1. The molecule has 0 radical (unpaired) electrons. The summed E-state index contributed by atoms with van der Waals surface area (Å²) in [6.45, 7) is 14.0. The zero-order chi connectivity index (χ0) is 29.2. The summed E-state index contributed by atoms with van der Waals surface area (Å²) in [5.74, 6) is 1.12. The van der Waals surface area contributed by atoms with Crippen molar-refractivity contribution in [2.24, 2.45) is 0 Å². The van der Waals surface area contributed by atoms with Gasteiger partial charge in [-0.1, -0.05) is 18.7 Å². The molecule has 42 heavy (non-hydrogen) atoms. The van der Waals surface area contributed by atoms with Crippen LogP contribution in [0.1, 0.15) is 24.8 Å². The third kappa shape index (κ3) is 5.55. The first-order valence-corrected chi connectivity index (χ1v) is 15.6. The zero-order valence-corrected chi connectivity index (χ0v) is 24.7. The normalized spacial score (nSPS) is 20.8. The second-order valence-corrected chi connectivity index (χ2v) is 12.3. The van der Waals surface area contributed by atoms with Gasteiger partial charge in [0.15, 0.2) is 0 Å². The number of amides is 1. The Kier molecular flexibility index (Phi) is 8.31. The summed E-state index contributed by atoms with van der Waals surface area (Å²) in [6.07, 6.45) is 5.46. The number of thioether (sulfide) groups is 1. The van der Waals surface area contributed by atoms with Crippen LogP contribution < -0.4 is 9.64 Å². The molecule has 0 aliphatic carbocycles. The van der Waals surface area contributed by atoms with Crippen molar-refractivity contribution in [3.8, 4) is 17.1 Å². The van der Waals surface area contributed by atoms with Crippen LogP contribution in [0.5, 0.6) is 6.01 Å². The van der Waals surface area contributed by atoms with Crippen molar-refractivity contribution in [3.05, 3.63) is 65.8 Å². The highest BCUT2D eigenvalue weighted by Crippen LogP contribution is 2.40. The molecule has 10 heteroatoms. The van der Waals surface area contributed by atoms with Gasteiger partial charge in [0.1, 0.15) is 24.3 Å². The van der Waals surface area contributed by atoms with Crippen molar-refractivity contribution < 1.29 is 13.9 Å². The molecule has 2 atom stereocenters. The van der Waals surface area contributed by atoms with Crippen LogP contribution in [0.15, 0.2) is 47.9 Å². The minimum atomic E-state index is -0.333. The van der Waals surface area contributed by atoms with Crippen LogP contribution >= 0.6 is 11.8 Å². The van der Waals surface area contributed by atoms with E-state index in [0.29, 0.717) is 54.6 Å². The highest BCUT2D eigenvalue weighted by Gasteiger charge is 2.33. The number of hydrogen-bond acceptors (Lipinski definition) is 7. The number of piperazine rings is 1. The molecule has 2 aromatic carbocycles. The van der Waals surface area contributed by atoms with Gasteiger partial charge in [-0.3, -0.25) is 4.79 Å². The number of aromatic nitrogens is 2. The van der Waals surface area contributed by atoms with Crippen LogP contribution in [0.2, 0.25) is 0 Å². The summed E-state index contributed by atoms with van der Waals surface area (Å²) >= 11 is 1.82. The molecule has 3 aliphatic heterocycles. The lowest BCUT2D eigenvalue weighted by molar-refractivity contribution is -0.128. The number of halogens is 1. The van der Waals surface area contributed by atoms with E-state index in [-0.39, 0.29) is 30.3 Å². The van der Waals surface area contributed by atoms with Crippen molar-refractivity contribution in [2.75, 3.05) is 57.0 Å². The zero-order valence-electron chi connectivity index (χ0n) is 23.9. The van der Waals surface area contributed by atoms with Crippen LogP contribution in [-0.2, 0) is 11.2 Å². The van der Waals surface area contributed by atoms with Crippen molar-refractivity contribution in [1.82, 2.24) is 19.8 Å². The number of carbonyl (C=O) groups is 1. The van der Waals surface area contributed by atoms with Gasteiger partial charge in [0.25, 0.3) is 0 Å². The first-order valence-electron chi connectivity index (χ1n) is 14.6. The van der Waals surface area contributed by atoms with E-state index in [0.717, 1.165) is 43.5 Å². The molecule has 3 aliphatic rings. The van der Waals surface area contributed by atoms with E-state index in [1.54, 1.807) is 4.90 Å². The fourth-order valence-corrected chi connectivity index (χ4v) is 7.41. The molecular formula is C32H35FN6O2S. The molecule has 0 N–H and O–H groups in total. The van der Waals surface area contributed by atoms with E-state index in [2.05, 4.69) is 29.4 Å². The molecule has 1 aromatic heterocycles. The second kappa shape index (κ2) is 12.3. The van der Waals surface area contributed by atoms with Gasteiger partial charge in [-0.05, 0) is 80.4 Å². The molecule has 0 saturated carbocycles. The monoisotopic (exact) mass is 586 g/mol. The van der Waals surface area contributed by atoms with Crippen molar-refractivity contribution in [3.63, 3.8) is 0 Å². The molecule has 218 valence electrons. The quantitative estimate of drug-likeness (QED) is 0.283. The number of benzene rings is 2. The van der Waals surface area contributed by atoms with Gasteiger partial charge in [-0.2, -0.15) is 9.97 Å². The molecule has 6 rings (SSSR count). The Morgan fingerprint density at radius 3 is 2.88 bits per heavy atom. The average molecular weight is 587 g/mol. The maximum Gasteiger partial charge on any atom is 0.319 e. The van der Waals surface area contributed by atoms with Gasteiger partial charge in [0.05, 0.1) is 5.52 Å². The molecule has 0 bridgehead atoms. The largest absolute Gasteiger partial charge is 0.462 e. The minimum absolute atomic E-state index is 0.159. The summed E-state index contributed by atoms with van der Waals surface area (Å²) in [7, 11) is 2.10. The summed E-state index contributed by atoms with van der Waals surface area (Å²) in [5, 5.41) is 0.589. The van der Waals surface area contributed by atoms with Gasteiger partial charge in [0, 0.05) is 41.5 Å². The van der Waals surface area contributed by atoms with E-state index in [9.17, 15) is 4.79 Å². The summed E-state index contributed by atoms with van der Waals surface area (Å²) < 4.78 is 22.2. The van der Waals surface area contributed by atoms with Gasteiger partial charge >= 0.3 is 6.01 Å². The number of rotatable bonds is 7. The van der Waals surface area contributed by atoms with Crippen molar-refractivity contribution in [2.45, 2.75) is 42.7 Å². The minimum Gasteiger partial charge on any atom is -0.462 e. The number of anilines is 1. The van der Waals surface area contributed by atoms with Gasteiger partial charge in [-0.25, -0.2) is 11.0 Å². The van der Waals surface area contributed by atoms with E-state index >= 15 is 4.39 Å². The second-order valence-electron chi connectivity index (χ2n) is 11.2. The predicted octanol–water partition coefficient (Wildman–Crippen LogP) is 5.07. The Morgan fingerprint density at radius 2 is 2.10 bits per heavy atom. The van der Waals surface area contributed by atoms with Crippen LogP contribution in [0, 0.1) is 12.4 Å². The summed E-state index contributed by atoms with van der Waals surface area (Å²) in [5.41, 5.74) is 3.23. The average Bonchev–Trinajstić information content (AvgIpc) is 3.43. The maximum atomic E-state index is 16.0. The lowest BCUT2D eigenvalue weighted by Gasteiger charge is -2.39. The highest BCUT2D eigenvalue weighted by molar-refractivity contribution is 7.99. The van der Waals surface area contributed by atoms with E-state index in [1.807, 2.05) is 34.9 Å².